The zero-order valence-electron chi connectivity index (χ0n) is 21.4. The molecule has 3 aromatic rings. The number of morpholine rings is 1. The first kappa shape index (κ1) is 24.6. The van der Waals surface area contributed by atoms with Crippen molar-refractivity contribution >= 4 is 33.1 Å². The quantitative estimate of drug-likeness (QED) is 0.447. The van der Waals surface area contributed by atoms with Crippen LogP contribution in [0.5, 0.6) is 11.8 Å². The Bertz CT molecular complexity index is 1240. The van der Waals surface area contributed by atoms with Crippen LogP contribution >= 0.6 is 11.3 Å². The lowest BCUT2D eigenvalue weighted by atomic mass is 10.0. The van der Waals surface area contributed by atoms with Crippen molar-refractivity contribution in [3.63, 3.8) is 0 Å². The molecule has 0 amide bonds. The van der Waals surface area contributed by atoms with Gasteiger partial charge in [-0.1, -0.05) is 0 Å². The van der Waals surface area contributed by atoms with Crippen LogP contribution in [0.3, 0.4) is 0 Å². The predicted octanol–water partition coefficient (Wildman–Crippen LogP) is 2.17. The molecule has 10 nitrogen and oxygen atoms in total. The molecule has 5 heterocycles. The van der Waals surface area contributed by atoms with Crippen LogP contribution in [0.25, 0.3) is 10.2 Å². The van der Waals surface area contributed by atoms with Crippen molar-refractivity contribution < 1.29 is 14.6 Å². The van der Waals surface area contributed by atoms with Crippen molar-refractivity contribution in [2.45, 2.75) is 26.3 Å². The van der Waals surface area contributed by atoms with Gasteiger partial charge in [0, 0.05) is 64.0 Å². The van der Waals surface area contributed by atoms with Crippen molar-refractivity contribution in [3.8, 4) is 11.8 Å². The molecule has 0 spiro atoms. The Morgan fingerprint density at radius 2 is 1.89 bits per heavy atom. The van der Waals surface area contributed by atoms with E-state index in [-0.39, 0.29) is 5.75 Å². The molecule has 2 saturated heterocycles. The van der Waals surface area contributed by atoms with E-state index in [1.807, 2.05) is 13.0 Å². The Balaban J connectivity index is 1.24. The van der Waals surface area contributed by atoms with E-state index in [4.69, 9.17) is 24.4 Å². The maximum absolute atomic E-state index is 10.4. The highest BCUT2D eigenvalue weighted by Gasteiger charge is 2.28. The van der Waals surface area contributed by atoms with E-state index in [0.29, 0.717) is 19.2 Å². The number of fused-ring (bicyclic) bond motifs is 2. The van der Waals surface area contributed by atoms with Crippen LogP contribution in [0.1, 0.15) is 22.7 Å². The average molecular weight is 526 g/mol. The summed E-state index contributed by atoms with van der Waals surface area (Å²) in [7, 11) is 0. The van der Waals surface area contributed by atoms with Gasteiger partial charge >= 0.3 is 6.01 Å². The second-order valence-electron chi connectivity index (χ2n) is 9.86. The van der Waals surface area contributed by atoms with Gasteiger partial charge in [-0.25, -0.2) is 4.98 Å². The monoisotopic (exact) mass is 525 g/mol. The molecule has 0 aliphatic carbocycles. The van der Waals surface area contributed by atoms with Crippen molar-refractivity contribution in [1.29, 1.82) is 0 Å². The number of anilines is 2. The number of benzene rings is 1. The molecule has 6 rings (SSSR count). The van der Waals surface area contributed by atoms with E-state index in [1.54, 1.807) is 17.4 Å². The number of phenolic OH excluding ortho intramolecular Hbond substituents is 1. The van der Waals surface area contributed by atoms with E-state index < -0.39 is 0 Å². The summed E-state index contributed by atoms with van der Waals surface area (Å²) in [6.45, 7) is 12.4. The lowest BCUT2D eigenvalue weighted by Gasteiger charge is -2.35. The molecule has 0 saturated carbocycles. The standard InChI is InChI=1S/C26H35N7O3S/c1-18-28-24-22(15-19(34)16-23(24)37-18)33-7-3-20-21(17-33)29-26(30-25(20)32-8-4-27-5-9-32)36-12-2-6-31-10-13-35-14-11-31/h15-16,27,34H,2-14,17H2,1H3. The molecule has 2 fully saturated rings. The summed E-state index contributed by atoms with van der Waals surface area (Å²) in [5.41, 5.74) is 4.12. The Labute approximate surface area is 221 Å². The number of hydrogen-bond acceptors (Lipinski definition) is 11. The van der Waals surface area contributed by atoms with Crippen LogP contribution in [0.2, 0.25) is 0 Å². The fourth-order valence-electron chi connectivity index (χ4n) is 5.42. The molecule has 0 unspecified atom stereocenters. The second kappa shape index (κ2) is 10.9. The Morgan fingerprint density at radius 1 is 1.05 bits per heavy atom. The van der Waals surface area contributed by atoms with Crippen LogP contribution in [-0.4, -0.2) is 97.1 Å². The molecule has 37 heavy (non-hydrogen) atoms. The SMILES string of the molecule is Cc1nc2c(N3CCc4c(nc(OCCCN5CCOCC5)nc4N4CCNCC4)C3)cc(O)cc2s1. The van der Waals surface area contributed by atoms with Gasteiger partial charge in [-0.3, -0.25) is 4.90 Å². The Morgan fingerprint density at radius 3 is 2.73 bits per heavy atom. The molecule has 198 valence electrons. The highest BCUT2D eigenvalue weighted by Crippen LogP contribution is 2.37. The van der Waals surface area contributed by atoms with Crippen LogP contribution in [0, 0.1) is 6.92 Å². The number of aryl methyl sites for hydroxylation is 1. The fraction of sp³-hybridized carbons (Fsp3) is 0.577. The van der Waals surface area contributed by atoms with Crippen molar-refractivity contribution in [3.05, 3.63) is 28.4 Å². The largest absolute Gasteiger partial charge is 0.508 e. The lowest BCUT2D eigenvalue weighted by Crippen LogP contribution is -2.45. The summed E-state index contributed by atoms with van der Waals surface area (Å²) in [5.74, 6) is 1.28. The normalized spacial score (nSPS) is 18.8. The molecule has 0 atom stereocenters. The van der Waals surface area contributed by atoms with Gasteiger partial charge < -0.3 is 29.7 Å². The third-order valence-corrected chi connectivity index (χ3v) is 8.22. The summed E-state index contributed by atoms with van der Waals surface area (Å²) in [5, 5.41) is 14.8. The average Bonchev–Trinajstić information content (AvgIpc) is 3.30. The Kier molecular flexibility index (Phi) is 7.27. The summed E-state index contributed by atoms with van der Waals surface area (Å²) in [4.78, 5) is 21.7. The number of thiazole rings is 1. The first-order chi connectivity index (χ1) is 18.1. The predicted molar refractivity (Wildman–Crippen MR) is 145 cm³/mol. The van der Waals surface area contributed by atoms with Crippen LogP contribution < -0.4 is 19.9 Å². The van der Waals surface area contributed by atoms with Gasteiger partial charge in [0.05, 0.1) is 47.5 Å². The zero-order chi connectivity index (χ0) is 25.2. The van der Waals surface area contributed by atoms with E-state index >= 15 is 0 Å². The van der Waals surface area contributed by atoms with Gasteiger partial charge in [0.1, 0.15) is 17.1 Å². The first-order valence-electron chi connectivity index (χ1n) is 13.3. The van der Waals surface area contributed by atoms with Gasteiger partial charge in [0.2, 0.25) is 0 Å². The van der Waals surface area contributed by atoms with Gasteiger partial charge in [0.25, 0.3) is 0 Å². The molecule has 3 aliphatic heterocycles. The van der Waals surface area contributed by atoms with Crippen molar-refractivity contribution in [2.75, 3.05) is 82.0 Å². The van der Waals surface area contributed by atoms with E-state index in [2.05, 4.69) is 20.0 Å². The number of ether oxygens (including phenoxy) is 2. The second-order valence-corrected chi connectivity index (χ2v) is 11.1. The van der Waals surface area contributed by atoms with Crippen molar-refractivity contribution in [1.82, 2.24) is 25.2 Å². The number of aromatic nitrogens is 3. The lowest BCUT2D eigenvalue weighted by molar-refractivity contribution is 0.0356. The molecular formula is C26H35N7O3S. The number of rotatable bonds is 7. The highest BCUT2D eigenvalue weighted by atomic mass is 32.1. The number of nitrogens with zero attached hydrogens (tertiary/aromatic N) is 6. The number of piperazine rings is 1. The first-order valence-corrected chi connectivity index (χ1v) is 14.1. The summed E-state index contributed by atoms with van der Waals surface area (Å²) in [6.07, 6.45) is 1.77. The third-order valence-electron chi connectivity index (χ3n) is 7.30. The molecular weight excluding hydrogens is 490 g/mol. The van der Waals surface area contributed by atoms with E-state index in [9.17, 15) is 5.11 Å². The van der Waals surface area contributed by atoms with Crippen LogP contribution in [0.15, 0.2) is 12.1 Å². The number of hydrogen-bond donors (Lipinski definition) is 2. The third kappa shape index (κ3) is 5.45. The molecule has 2 aromatic heterocycles. The highest BCUT2D eigenvalue weighted by molar-refractivity contribution is 7.18. The maximum atomic E-state index is 10.4. The number of phenols is 1. The molecule has 1 aromatic carbocycles. The zero-order valence-corrected chi connectivity index (χ0v) is 22.2. The topological polar surface area (TPSA) is 99.1 Å². The van der Waals surface area contributed by atoms with Gasteiger partial charge in [-0.2, -0.15) is 9.97 Å². The maximum Gasteiger partial charge on any atom is 0.318 e. The van der Waals surface area contributed by atoms with Crippen LogP contribution in [0.4, 0.5) is 11.5 Å². The van der Waals surface area contributed by atoms with Crippen molar-refractivity contribution in [2.24, 2.45) is 0 Å². The molecule has 2 N–H and O–H groups in total. The minimum atomic E-state index is 0.269. The molecule has 0 bridgehead atoms. The summed E-state index contributed by atoms with van der Waals surface area (Å²) < 4.78 is 12.6. The summed E-state index contributed by atoms with van der Waals surface area (Å²) >= 11 is 1.61. The number of aromatic hydroxyl groups is 1. The van der Waals surface area contributed by atoms with E-state index in [1.165, 1.54) is 5.56 Å². The minimum Gasteiger partial charge on any atom is -0.508 e. The number of nitrogens with one attached hydrogen (secondary N) is 1. The Hall–Kier alpha value is -2.73. The van der Waals surface area contributed by atoms with Crippen LogP contribution in [-0.2, 0) is 17.7 Å². The fourth-order valence-corrected chi connectivity index (χ4v) is 6.30. The summed E-state index contributed by atoms with van der Waals surface area (Å²) in [6, 6.07) is 4.09. The smallest absolute Gasteiger partial charge is 0.318 e. The molecule has 3 aliphatic rings. The molecule has 11 heteroatoms. The molecule has 0 radical (unpaired) electrons. The van der Waals surface area contributed by atoms with E-state index in [0.717, 1.165) is 111 Å². The van der Waals surface area contributed by atoms with Gasteiger partial charge in [0.15, 0.2) is 0 Å². The van der Waals surface area contributed by atoms with Gasteiger partial charge in [-0.15, -0.1) is 11.3 Å². The van der Waals surface area contributed by atoms with Gasteiger partial charge in [-0.05, 0) is 25.8 Å². The minimum absolute atomic E-state index is 0.269.